The number of rotatable bonds is 4. The standard InChI is InChI=1S/C15H28N2O2/c1-11-3-5-12(6-4-11)7-8-17-14(18)15(2)10-19-9-13(15)16/h11-13H,3-10,16H2,1-2H3,(H,17,18). The third kappa shape index (κ3) is 3.48. The van der Waals surface area contributed by atoms with Gasteiger partial charge in [-0.15, -0.1) is 0 Å². The minimum Gasteiger partial charge on any atom is -0.379 e. The molecule has 2 aliphatic rings. The summed E-state index contributed by atoms with van der Waals surface area (Å²) >= 11 is 0. The summed E-state index contributed by atoms with van der Waals surface area (Å²) in [6.07, 6.45) is 6.42. The number of ether oxygens (including phenoxy) is 1. The van der Waals surface area contributed by atoms with Crippen LogP contribution < -0.4 is 11.1 Å². The van der Waals surface area contributed by atoms with Crippen molar-refractivity contribution in [2.75, 3.05) is 19.8 Å². The molecule has 3 N–H and O–H groups in total. The molecule has 1 heterocycles. The third-order valence-corrected chi connectivity index (χ3v) is 5.01. The van der Waals surface area contributed by atoms with Gasteiger partial charge in [-0.05, 0) is 25.2 Å². The maximum atomic E-state index is 12.2. The second kappa shape index (κ2) is 6.23. The molecule has 2 unspecified atom stereocenters. The minimum atomic E-state index is -0.541. The van der Waals surface area contributed by atoms with E-state index in [1.165, 1.54) is 25.7 Å². The van der Waals surface area contributed by atoms with Crippen LogP contribution in [0.3, 0.4) is 0 Å². The van der Waals surface area contributed by atoms with E-state index in [4.69, 9.17) is 10.5 Å². The molecule has 2 atom stereocenters. The van der Waals surface area contributed by atoms with Gasteiger partial charge in [-0.25, -0.2) is 0 Å². The molecule has 19 heavy (non-hydrogen) atoms. The highest BCUT2D eigenvalue weighted by molar-refractivity contribution is 5.83. The van der Waals surface area contributed by atoms with E-state index in [1.807, 2.05) is 6.92 Å². The number of amides is 1. The van der Waals surface area contributed by atoms with Crippen LogP contribution in [0.4, 0.5) is 0 Å². The lowest BCUT2D eigenvalue weighted by Gasteiger charge is -2.28. The van der Waals surface area contributed by atoms with E-state index in [9.17, 15) is 4.79 Å². The maximum Gasteiger partial charge on any atom is 0.229 e. The second-order valence-electron chi connectivity index (χ2n) is 6.71. The molecule has 0 aromatic carbocycles. The van der Waals surface area contributed by atoms with Crippen LogP contribution in [0.2, 0.25) is 0 Å². The van der Waals surface area contributed by atoms with Gasteiger partial charge in [0.15, 0.2) is 0 Å². The first-order chi connectivity index (χ1) is 9.02. The van der Waals surface area contributed by atoms with Crippen LogP contribution in [0.25, 0.3) is 0 Å². The van der Waals surface area contributed by atoms with E-state index < -0.39 is 5.41 Å². The molecule has 4 heteroatoms. The Kier molecular flexibility index (Phi) is 4.85. The summed E-state index contributed by atoms with van der Waals surface area (Å²) in [5, 5.41) is 3.06. The molecule has 1 saturated carbocycles. The number of hydrogen-bond acceptors (Lipinski definition) is 3. The van der Waals surface area contributed by atoms with E-state index >= 15 is 0 Å². The molecular weight excluding hydrogens is 240 g/mol. The van der Waals surface area contributed by atoms with Gasteiger partial charge in [0.25, 0.3) is 0 Å². The first-order valence-corrected chi connectivity index (χ1v) is 7.64. The zero-order valence-corrected chi connectivity index (χ0v) is 12.3. The molecule has 1 aliphatic carbocycles. The van der Waals surface area contributed by atoms with Crippen LogP contribution in [0.1, 0.15) is 46.0 Å². The number of carbonyl (C=O) groups is 1. The summed E-state index contributed by atoms with van der Waals surface area (Å²) in [7, 11) is 0. The maximum absolute atomic E-state index is 12.2. The molecule has 1 aliphatic heterocycles. The Balaban J connectivity index is 1.69. The van der Waals surface area contributed by atoms with Crippen molar-refractivity contribution < 1.29 is 9.53 Å². The molecule has 0 aromatic heterocycles. The van der Waals surface area contributed by atoms with Crippen molar-refractivity contribution in [1.82, 2.24) is 5.32 Å². The molecule has 2 fully saturated rings. The van der Waals surface area contributed by atoms with E-state index in [1.54, 1.807) is 0 Å². The van der Waals surface area contributed by atoms with E-state index in [0.29, 0.717) is 13.2 Å². The van der Waals surface area contributed by atoms with Crippen LogP contribution in [0.15, 0.2) is 0 Å². The Morgan fingerprint density at radius 2 is 2.05 bits per heavy atom. The Labute approximate surface area is 116 Å². The Morgan fingerprint density at radius 1 is 1.37 bits per heavy atom. The normalized spacial score (nSPS) is 39.2. The highest BCUT2D eigenvalue weighted by Crippen LogP contribution is 2.30. The SMILES string of the molecule is CC1CCC(CCNC(=O)C2(C)COCC2N)CC1. The Bertz CT molecular complexity index is 313. The van der Waals surface area contributed by atoms with Crippen molar-refractivity contribution >= 4 is 5.91 Å². The van der Waals surface area contributed by atoms with Crippen molar-refractivity contribution in [2.45, 2.75) is 52.0 Å². The van der Waals surface area contributed by atoms with Gasteiger partial charge in [-0.1, -0.05) is 32.6 Å². The zero-order valence-electron chi connectivity index (χ0n) is 12.3. The van der Waals surface area contributed by atoms with Gasteiger partial charge in [0.05, 0.1) is 18.6 Å². The topological polar surface area (TPSA) is 64.3 Å². The Hall–Kier alpha value is -0.610. The predicted molar refractivity (Wildman–Crippen MR) is 75.7 cm³/mol. The molecule has 1 amide bonds. The average Bonchev–Trinajstić information content (AvgIpc) is 2.73. The van der Waals surface area contributed by atoms with Gasteiger partial charge in [0, 0.05) is 12.6 Å². The molecule has 0 bridgehead atoms. The summed E-state index contributed by atoms with van der Waals surface area (Å²) in [5.74, 6) is 1.73. The van der Waals surface area contributed by atoms with E-state index in [-0.39, 0.29) is 11.9 Å². The van der Waals surface area contributed by atoms with Gasteiger partial charge >= 0.3 is 0 Å². The summed E-state index contributed by atoms with van der Waals surface area (Å²) in [5.41, 5.74) is 5.42. The van der Waals surface area contributed by atoms with Crippen LogP contribution in [0.5, 0.6) is 0 Å². The molecule has 2 rings (SSSR count). The fourth-order valence-electron chi connectivity index (χ4n) is 3.13. The molecule has 1 saturated heterocycles. The lowest BCUT2D eigenvalue weighted by Crippen LogP contribution is -2.50. The molecule has 0 aromatic rings. The van der Waals surface area contributed by atoms with Gasteiger partial charge in [0.1, 0.15) is 0 Å². The lowest BCUT2D eigenvalue weighted by atomic mass is 9.81. The van der Waals surface area contributed by atoms with Gasteiger partial charge in [-0.2, -0.15) is 0 Å². The van der Waals surface area contributed by atoms with E-state index in [0.717, 1.165) is 24.8 Å². The van der Waals surface area contributed by atoms with Gasteiger partial charge in [0.2, 0.25) is 5.91 Å². The van der Waals surface area contributed by atoms with Gasteiger partial charge < -0.3 is 15.8 Å². The first kappa shape index (κ1) is 14.8. The van der Waals surface area contributed by atoms with E-state index in [2.05, 4.69) is 12.2 Å². The fourth-order valence-corrected chi connectivity index (χ4v) is 3.13. The van der Waals surface area contributed by atoms with Crippen molar-refractivity contribution in [3.05, 3.63) is 0 Å². The largest absolute Gasteiger partial charge is 0.379 e. The number of nitrogens with one attached hydrogen (secondary N) is 1. The molecule has 4 nitrogen and oxygen atoms in total. The van der Waals surface area contributed by atoms with Gasteiger partial charge in [-0.3, -0.25) is 4.79 Å². The fraction of sp³-hybridized carbons (Fsp3) is 0.933. The Morgan fingerprint density at radius 3 is 2.63 bits per heavy atom. The van der Waals surface area contributed by atoms with Crippen molar-refractivity contribution in [3.8, 4) is 0 Å². The number of carbonyl (C=O) groups excluding carboxylic acids is 1. The van der Waals surface area contributed by atoms with Crippen molar-refractivity contribution in [2.24, 2.45) is 23.0 Å². The van der Waals surface area contributed by atoms with Crippen molar-refractivity contribution in [1.29, 1.82) is 0 Å². The highest BCUT2D eigenvalue weighted by Gasteiger charge is 2.44. The lowest BCUT2D eigenvalue weighted by molar-refractivity contribution is -0.130. The number of hydrogen-bond donors (Lipinski definition) is 2. The average molecular weight is 268 g/mol. The molecule has 0 spiro atoms. The van der Waals surface area contributed by atoms with Crippen molar-refractivity contribution in [3.63, 3.8) is 0 Å². The summed E-state index contributed by atoms with van der Waals surface area (Å²) < 4.78 is 5.32. The van der Waals surface area contributed by atoms with Crippen LogP contribution in [0, 0.1) is 17.3 Å². The van der Waals surface area contributed by atoms with Crippen LogP contribution >= 0.6 is 0 Å². The summed E-state index contributed by atoms with van der Waals surface area (Å²) in [6, 6.07) is -0.178. The minimum absolute atomic E-state index is 0.0571. The zero-order chi connectivity index (χ0) is 13.9. The molecule has 110 valence electrons. The molecular formula is C15H28N2O2. The quantitative estimate of drug-likeness (QED) is 0.815. The smallest absolute Gasteiger partial charge is 0.229 e. The number of nitrogens with two attached hydrogens (primary N) is 1. The highest BCUT2D eigenvalue weighted by atomic mass is 16.5. The molecule has 0 radical (unpaired) electrons. The predicted octanol–water partition coefficient (Wildman–Crippen LogP) is 1.68. The third-order valence-electron chi connectivity index (χ3n) is 5.01. The first-order valence-electron chi connectivity index (χ1n) is 7.64. The second-order valence-corrected chi connectivity index (χ2v) is 6.71. The summed E-state index contributed by atoms with van der Waals surface area (Å²) in [6.45, 7) is 5.95. The van der Waals surface area contributed by atoms with Crippen LogP contribution in [-0.4, -0.2) is 31.7 Å². The summed E-state index contributed by atoms with van der Waals surface area (Å²) in [4.78, 5) is 12.2. The van der Waals surface area contributed by atoms with Crippen LogP contribution in [-0.2, 0) is 9.53 Å². The monoisotopic (exact) mass is 268 g/mol.